The number of carbonyl (C=O) groups is 1. The number of amides is 1. The van der Waals surface area contributed by atoms with Crippen LogP contribution in [0.1, 0.15) is 41.0 Å². The summed E-state index contributed by atoms with van der Waals surface area (Å²) in [5.41, 5.74) is -0.450. The van der Waals surface area contributed by atoms with Crippen molar-refractivity contribution in [3.8, 4) is 0 Å². The van der Waals surface area contributed by atoms with E-state index in [1.165, 1.54) is 0 Å². The largest absolute Gasteiger partial charge is 0.368 e. The SMILES string of the molecule is NS(=O)(=O)c1ccc(F)c(C(=O)NCc2noc([C@H]3CCCO3)n2)c1. The molecule has 0 saturated carbocycles. The fourth-order valence-corrected chi connectivity index (χ4v) is 2.89. The van der Waals surface area contributed by atoms with Crippen LogP contribution in [-0.2, 0) is 21.3 Å². The summed E-state index contributed by atoms with van der Waals surface area (Å²) in [7, 11) is -4.05. The maximum absolute atomic E-state index is 13.8. The third kappa shape index (κ3) is 4.00. The smallest absolute Gasteiger partial charge is 0.255 e. The van der Waals surface area contributed by atoms with E-state index in [2.05, 4.69) is 15.5 Å². The number of hydrogen-bond donors (Lipinski definition) is 2. The van der Waals surface area contributed by atoms with Crippen LogP contribution in [0.4, 0.5) is 4.39 Å². The van der Waals surface area contributed by atoms with Crippen molar-refractivity contribution in [1.29, 1.82) is 0 Å². The van der Waals surface area contributed by atoms with E-state index in [1.807, 2.05) is 0 Å². The highest BCUT2D eigenvalue weighted by molar-refractivity contribution is 7.89. The molecule has 1 saturated heterocycles. The minimum absolute atomic E-state index is 0.117. The highest BCUT2D eigenvalue weighted by atomic mass is 32.2. The zero-order valence-electron chi connectivity index (χ0n) is 12.9. The number of rotatable bonds is 5. The Balaban J connectivity index is 1.68. The number of hydrogen-bond acceptors (Lipinski definition) is 7. The van der Waals surface area contributed by atoms with Crippen LogP contribution in [0.15, 0.2) is 27.6 Å². The standard InChI is InChI=1S/C14H15FN4O5S/c15-10-4-3-8(25(16,21)22)6-9(10)13(20)17-7-12-18-14(24-19-12)11-2-1-5-23-11/h3-4,6,11H,1-2,5,7H2,(H,17,20)(H2,16,21,22)/t11-/m1/s1. The molecule has 0 aliphatic carbocycles. The first-order valence-corrected chi connectivity index (χ1v) is 8.94. The Bertz CT molecular complexity index is 892. The van der Waals surface area contributed by atoms with Crippen molar-refractivity contribution >= 4 is 15.9 Å². The third-order valence-corrected chi connectivity index (χ3v) is 4.52. The van der Waals surface area contributed by atoms with Gasteiger partial charge in [-0.1, -0.05) is 5.16 Å². The molecule has 1 aliphatic rings. The van der Waals surface area contributed by atoms with Gasteiger partial charge in [0, 0.05) is 6.61 Å². The summed E-state index contributed by atoms with van der Waals surface area (Å²) in [6.07, 6.45) is 1.43. The zero-order valence-corrected chi connectivity index (χ0v) is 13.8. The molecule has 1 aromatic carbocycles. The number of nitrogens with one attached hydrogen (secondary N) is 1. The molecule has 9 nitrogen and oxygen atoms in total. The molecule has 1 aromatic heterocycles. The van der Waals surface area contributed by atoms with Gasteiger partial charge in [-0.2, -0.15) is 4.98 Å². The molecule has 2 heterocycles. The van der Waals surface area contributed by atoms with Crippen molar-refractivity contribution in [3.63, 3.8) is 0 Å². The van der Waals surface area contributed by atoms with Gasteiger partial charge < -0.3 is 14.6 Å². The summed E-state index contributed by atoms with van der Waals surface area (Å²) in [6.45, 7) is 0.507. The monoisotopic (exact) mass is 370 g/mol. The van der Waals surface area contributed by atoms with Crippen LogP contribution >= 0.6 is 0 Å². The lowest BCUT2D eigenvalue weighted by Crippen LogP contribution is -2.25. The number of primary sulfonamides is 1. The summed E-state index contributed by atoms with van der Waals surface area (Å²) in [6, 6.07) is 2.71. The van der Waals surface area contributed by atoms with Crippen LogP contribution < -0.4 is 10.5 Å². The normalized spacial score (nSPS) is 17.6. The van der Waals surface area contributed by atoms with Gasteiger partial charge in [0.25, 0.3) is 11.8 Å². The van der Waals surface area contributed by atoms with Gasteiger partial charge in [0.2, 0.25) is 10.0 Å². The van der Waals surface area contributed by atoms with Crippen LogP contribution in [0.3, 0.4) is 0 Å². The maximum Gasteiger partial charge on any atom is 0.255 e. The molecule has 1 aliphatic heterocycles. The Labute approximate surface area is 142 Å². The van der Waals surface area contributed by atoms with E-state index in [9.17, 15) is 17.6 Å². The first-order valence-electron chi connectivity index (χ1n) is 7.39. The molecule has 0 bridgehead atoms. The van der Waals surface area contributed by atoms with Gasteiger partial charge in [0.05, 0.1) is 17.0 Å². The molecule has 0 spiro atoms. The molecule has 0 radical (unpaired) electrons. The van der Waals surface area contributed by atoms with Gasteiger partial charge in [0.1, 0.15) is 11.9 Å². The van der Waals surface area contributed by atoms with Crippen molar-refractivity contribution in [3.05, 3.63) is 41.3 Å². The Morgan fingerprint density at radius 1 is 1.44 bits per heavy atom. The fraction of sp³-hybridized carbons (Fsp3) is 0.357. The molecule has 134 valence electrons. The van der Waals surface area contributed by atoms with E-state index >= 15 is 0 Å². The predicted molar refractivity (Wildman–Crippen MR) is 81.2 cm³/mol. The van der Waals surface area contributed by atoms with Crippen molar-refractivity contribution in [2.24, 2.45) is 5.14 Å². The van der Waals surface area contributed by atoms with Crippen molar-refractivity contribution in [1.82, 2.24) is 15.5 Å². The minimum atomic E-state index is -4.05. The highest BCUT2D eigenvalue weighted by Crippen LogP contribution is 2.26. The third-order valence-electron chi connectivity index (χ3n) is 3.61. The summed E-state index contributed by atoms with van der Waals surface area (Å²) in [5.74, 6) is -1.18. The maximum atomic E-state index is 13.8. The quantitative estimate of drug-likeness (QED) is 0.787. The second-order valence-electron chi connectivity index (χ2n) is 5.42. The zero-order chi connectivity index (χ0) is 18.0. The highest BCUT2D eigenvalue weighted by Gasteiger charge is 2.24. The van der Waals surface area contributed by atoms with E-state index in [1.54, 1.807) is 0 Å². The molecular weight excluding hydrogens is 355 g/mol. The topological polar surface area (TPSA) is 137 Å². The number of nitrogens with zero attached hydrogens (tertiary/aromatic N) is 2. The number of sulfonamides is 1. The molecule has 2 aromatic rings. The molecule has 1 fully saturated rings. The number of aromatic nitrogens is 2. The summed E-state index contributed by atoms with van der Waals surface area (Å²) >= 11 is 0. The lowest BCUT2D eigenvalue weighted by Gasteiger charge is -2.06. The van der Waals surface area contributed by atoms with Gasteiger partial charge in [-0.15, -0.1) is 0 Å². The number of ether oxygens (including phenoxy) is 1. The van der Waals surface area contributed by atoms with Gasteiger partial charge in [-0.05, 0) is 31.0 Å². The average Bonchev–Trinajstić information content (AvgIpc) is 3.23. The van der Waals surface area contributed by atoms with Crippen molar-refractivity contribution in [2.45, 2.75) is 30.4 Å². The van der Waals surface area contributed by atoms with Crippen LogP contribution in [0.2, 0.25) is 0 Å². The van der Waals surface area contributed by atoms with Gasteiger partial charge >= 0.3 is 0 Å². The van der Waals surface area contributed by atoms with Crippen LogP contribution in [0.25, 0.3) is 0 Å². The van der Waals surface area contributed by atoms with E-state index in [0.29, 0.717) is 12.5 Å². The summed E-state index contributed by atoms with van der Waals surface area (Å²) in [4.78, 5) is 15.8. The Morgan fingerprint density at radius 2 is 2.24 bits per heavy atom. The second kappa shape index (κ2) is 6.86. The van der Waals surface area contributed by atoms with E-state index < -0.39 is 27.3 Å². The Kier molecular flexibility index (Phi) is 4.79. The van der Waals surface area contributed by atoms with E-state index in [4.69, 9.17) is 14.4 Å². The van der Waals surface area contributed by atoms with E-state index in [0.717, 1.165) is 31.0 Å². The number of carbonyl (C=O) groups excluding carboxylic acids is 1. The van der Waals surface area contributed by atoms with Crippen LogP contribution in [0, 0.1) is 5.82 Å². The fourth-order valence-electron chi connectivity index (χ4n) is 2.35. The van der Waals surface area contributed by atoms with Gasteiger partial charge in [-0.25, -0.2) is 17.9 Å². The summed E-state index contributed by atoms with van der Waals surface area (Å²) in [5, 5.41) is 11.1. The first-order chi connectivity index (χ1) is 11.8. The summed E-state index contributed by atoms with van der Waals surface area (Å²) < 4.78 is 46.9. The number of halogens is 1. The lowest BCUT2D eigenvalue weighted by molar-refractivity contribution is 0.0835. The molecule has 0 unspecified atom stereocenters. The van der Waals surface area contributed by atoms with Gasteiger partial charge in [0.15, 0.2) is 5.82 Å². The average molecular weight is 370 g/mol. The molecule has 1 amide bonds. The van der Waals surface area contributed by atoms with Crippen LogP contribution in [0.5, 0.6) is 0 Å². The van der Waals surface area contributed by atoms with E-state index in [-0.39, 0.29) is 23.4 Å². The number of benzene rings is 1. The lowest BCUT2D eigenvalue weighted by atomic mass is 10.2. The van der Waals surface area contributed by atoms with Crippen LogP contribution in [-0.4, -0.2) is 31.1 Å². The second-order valence-corrected chi connectivity index (χ2v) is 6.98. The predicted octanol–water partition coefficient (Wildman–Crippen LogP) is 0.638. The molecule has 11 heteroatoms. The first kappa shape index (κ1) is 17.5. The Hall–Kier alpha value is -2.37. The molecule has 3 N–H and O–H groups in total. The molecular formula is C14H15FN4O5S. The van der Waals surface area contributed by atoms with Gasteiger partial charge in [-0.3, -0.25) is 4.79 Å². The molecule has 25 heavy (non-hydrogen) atoms. The van der Waals surface area contributed by atoms with Crippen molar-refractivity contribution < 1.29 is 26.9 Å². The molecule has 1 atom stereocenters. The minimum Gasteiger partial charge on any atom is -0.368 e. The Morgan fingerprint density at radius 3 is 2.92 bits per heavy atom. The molecule has 3 rings (SSSR count). The van der Waals surface area contributed by atoms with Crippen molar-refractivity contribution in [2.75, 3.05) is 6.61 Å². The number of nitrogens with two attached hydrogens (primary N) is 1.